The molecular formula is C14H20FNO3S2. The fourth-order valence-electron chi connectivity index (χ4n) is 2.63. The molecule has 0 atom stereocenters. The van der Waals surface area contributed by atoms with Crippen molar-refractivity contribution in [3.8, 4) is 0 Å². The van der Waals surface area contributed by atoms with Crippen molar-refractivity contribution in [2.45, 2.75) is 41.9 Å². The highest BCUT2D eigenvalue weighted by atomic mass is 32.2. The van der Waals surface area contributed by atoms with Crippen molar-refractivity contribution in [3.63, 3.8) is 0 Å². The number of hydrogen-bond acceptors (Lipinski definition) is 4. The van der Waals surface area contributed by atoms with Gasteiger partial charge in [0, 0.05) is 11.3 Å². The molecule has 1 saturated carbocycles. The number of sulfonamides is 1. The lowest BCUT2D eigenvalue weighted by molar-refractivity contribution is 0.281. The summed E-state index contributed by atoms with van der Waals surface area (Å²) >= 11 is 1.67. The van der Waals surface area contributed by atoms with Gasteiger partial charge in [-0.2, -0.15) is 11.8 Å². The monoisotopic (exact) mass is 333 g/mol. The summed E-state index contributed by atoms with van der Waals surface area (Å²) in [4.78, 5) is -0.400. The maximum absolute atomic E-state index is 13.8. The fraction of sp³-hybridized carbons (Fsp3) is 0.571. The van der Waals surface area contributed by atoms with Gasteiger partial charge in [-0.15, -0.1) is 0 Å². The zero-order chi connectivity index (χ0) is 15.5. The number of rotatable bonds is 6. The number of aliphatic hydroxyl groups is 1. The highest BCUT2D eigenvalue weighted by Crippen LogP contribution is 2.39. The Hall–Kier alpha value is -0.630. The van der Waals surface area contributed by atoms with Gasteiger partial charge in [-0.05, 0) is 36.8 Å². The number of thioether (sulfide) groups is 1. The minimum absolute atomic E-state index is 0.0852. The molecule has 1 aliphatic carbocycles. The van der Waals surface area contributed by atoms with Crippen molar-refractivity contribution < 1.29 is 17.9 Å². The fourth-order valence-corrected chi connectivity index (χ4v) is 4.89. The largest absolute Gasteiger partial charge is 0.392 e. The van der Waals surface area contributed by atoms with Crippen LogP contribution in [-0.4, -0.2) is 31.1 Å². The minimum atomic E-state index is -3.91. The molecule has 1 aromatic rings. The standard InChI is InChI=1S/C14H20FNO3S2/c1-20-14(6-2-3-7-14)10-16-21(18,19)13-8-11(9-17)4-5-12(13)15/h4-5,8,16-17H,2-3,6-7,9-10H2,1H3. The van der Waals surface area contributed by atoms with Crippen LogP contribution in [-0.2, 0) is 16.6 Å². The molecule has 118 valence electrons. The molecule has 7 heteroatoms. The summed E-state index contributed by atoms with van der Waals surface area (Å²) < 4.78 is 40.8. The van der Waals surface area contributed by atoms with Gasteiger partial charge in [0.15, 0.2) is 0 Å². The van der Waals surface area contributed by atoms with Crippen LogP contribution in [0.5, 0.6) is 0 Å². The molecule has 1 aromatic carbocycles. The second-order valence-electron chi connectivity index (χ2n) is 5.34. The van der Waals surface area contributed by atoms with Crippen molar-refractivity contribution in [3.05, 3.63) is 29.6 Å². The molecule has 1 fully saturated rings. The van der Waals surface area contributed by atoms with Gasteiger partial charge >= 0.3 is 0 Å². The Kier molecular flexibility index (Phi) is 5.29. The molecule has 0 saturated heterocycles. The Bertz CT molecular complexity index is 598. The van der Waals surface area contributed by atoms with Crippen LogP contribution in [0.15, 0.2) is 23.1 Å². The van der Waals surface area contributed by atoms with Crippen LogP contribution in [0.2, 0.25) is 0 Å². The van der Waals surface area contributed by atoms with Gasteiger partial charge in [0.2, 0.25) is 10.0 Å². The smallest absolute Gasteiger partial charge is 0.243 e. The summed E-state index contributed by atoms with van der Waals surface area (Å²) in [5.41, 5.74) is 0.372. The molecular weight excluding hydrogens is 313 g/mol. The van der Waals surface area contributed by atoms with Crippen molar-refractivity contribution in [1.29, 1.82) is 0 Å². The molecule has 0 heterocycles. The molecule has 4 nitrogen and oxygen atoms in total. The van der Waals surface area contributed by atoms with Gasteiger partial charge in [0.05, 0.1) is 6.61 Å². The highest BCUT2D eigenvalue weighted by Gasteiger charge is 2.34. The Morgan fingerprint density at radius 2 is 2.05 bits per heavy atom. The summed E-state index contributed by atoms with van der Waals surface area (Å²) in [6.45, 7) is -0.0170. The first-order valence-corrected chi connectivity index (χ1v) is 9.57. The van der Waals surface area contributed by atoms with E-state index in [0.29, 0.717) is 12.1 Å². The topological polar surface area (TPSA) is 66.4 Å². The van der Waals surface area contributed by atoms with E-state index in [-0.39, 0.29) is 11.4 Å². The highest BCUT2D eigenvalue weighted by molar-refractivity contribution is 8.00. The molecule has 0 amide bonds. The molecule has 0 radical (unpaired) electrons. The average Bonchev–Trinajstić information content (AvgIpc) is 2.95. The number of nitrogens with one attached hydrogen (secondary N) is 1. The van der Waals surface area contributed by atoms with Crippen LogP contribution >= 0.6 is 11.8 Å². The SMILES string of the molecule is CSC1(CNS(=O)(=O)c2cc(CO)ccc2F)CCCC1. The molecule has 1 aliphatic rings. The van der Waals surface area contributed by atoms with Crippen LogP contribution in [0.3, 0.4) is 0 Å². The van der Waals surface area contributed by atoms with Gasteiger partial charge in [-0.3, -0.25) is 0 Å². The van der Waals surface area contributed by atoms with E-state index in [0.717, 1.165) is 31.7 Å². The van der Waals surface area contributed by atoms with Gasteiger partial charge in [0.1, 0.15) is 10.7 Å². The van der Waals surface area contributed by atoms with E-state index in [1.165, 1.54) is 12.1 Å². The lowest BCUT2D eigenvalue weighted by atomic mass is 10.1. The Morgan fingerprint density at radius 1 is 1.38 bits per heavy atom. The molecule has 21 heavy (non-hydrogen) atoms. The van der Waals surface area contributed by atoms with Gasteiger partial charge in [-0.1, -0.05) is 18.9 Å². The lowest BCUT2D eigenvalue weighted by Crippen LogP contribution is -2.38. The average molecular weight is 333 g/mol. The van der Waals surface area contributed by atoms with E-state index in [2.05, 4.69) is 4.72 Å². The second kappa shape index (κ2) is 6.64. The number of halogens is 1. The first-order valence-electron chi connectivity index (χ1n) is 6.86. The minimum Gasteiger partial charge on any atom is -0.392 e. The Labute approximate surface area is 129 Å². The summed E-state index contributed by atoms with van der Waals surface area (Å²) in [7, 11) is -3.91. The molecule has 0 aromatic heterocycles. The predicted octanol–water partition coefficient (Wildman–Crippen LogP) is 2.27. The first kappa shape index (κ1) is 16.7. The second-order valence-corrected chi connectivity index (χ2v) is 8.35. The molecule has 0 aliphatic heterocycles. The zero-order valence-corrected chi connectivity index (χ0v) is 13.6. The summed E-state index contributed by atoms with van der Waals surface area (Å²) in [6, 6.07) is 3.62. The van der Waals surface area contributed by atoms with Crippen molar-refractivity contribution in [2.75, 3.05) is 12.8 Å². The number of benzene rings is 1. The van der Waals surface area contributed by atoms with E-state index in [4.69, 9.17) is 5.11 Å². The number of aliphatic hydroxyl groups excluding tert-OH is 1. The summed E-state index contributed by atoms with van der Waals surface area (Å²) in [5, 5.41) is 9.06. The summed E-state index contributed by atoms with van der Waals surface area (Å²) in [5.74, 6) is -0.802. The van der Waals surface area contributed by atoms with Crippen molar-refractivity contribution >= 4 is 21.8 Å². The van der Waals surface area contributed by atoms with Crippen LogP contribution in [0.1, 0.15) is 31.2 Å². The van der Waals surface area contributed by atoms with Crippen molar-refractivity contribution in [1.82, 2.24) is 4.72 Å². The summed E-state index contributed by atoms with van der Waals surface area (Å²) in [6.07, 6.45) is 6.10. The maximum atomic E-state index is 13.8. The third-order valence-corrected chi connectivity index (χ3v) is 6.83. The predicted molar refractivity (Wildman–Crippen MR) is 82.2 cm³/mol. The molecule has 2 N–H and O–H groups in total. The number of hydrogen-bond donors (Lipinski definition) is 2. The molecule has 0 unspecified atom stereocenters. The third kappa shape index (κ3) is 3.77. The maximum Gasteiger partial charge on any atom is 0.243 e. The third-order valence-electron chi connectivity index (χ3n) is 4.00. The normalized spacial score (nSPS) is 18.0. The van der Waals surface area contributed by atoms with E-state index < -0.39 is 20.7 Å². The van der Waals surface area contributed by atoms with Crippen LogP contribution in [0, 0.1) is 5.82 Å². The van der Waals surface area contributed by atoms with Crippen molar-refractivity contribution in [2.24, 2.45) is 0 Å². The van der Waals surface area contributed by atoms with Crippen LogP contribution in [0.25, 0.3) is 0 Å². The van der Waals surface area contributed by atoms with Crippen LogP contribution < -0.4 is 4.72 Å². The van der Waals surface area contributed by atoms with Gasteiger partial charge < -0.3 is 5.11 Å². The van der Waals surface area contributed by atoms with E-state index in [1.807, 2.05) is 6.26 Å². The molecule has 0 bridgehead atoms. The van der Waals surface area contributed by atoms with E-state index >= 15 is 0 Å². The van der Waals surface area contributed by atoms with Gasteiger partial charge in [0.25, 0.3) is 0 Å². The zero-order valence-electron chi connectivity index (χ0n) is 11.9. The van der Waals surface area contributed by atoms with E-state index in [9.17, 15) is 12.8 Å². The van der Waals surface area contributed by atoms with E-state index in [1.54, 1.807) is 11.8 Å². The quantitative estimate of drug-likeness (QED) is 0.838. The Morgan fingerprint density at radius 3 is 2.62 bits per heavy atom. The molecule has 2 rings (SSSR count). The molecule has 0 spiro atoms. The lowest BCUT2D eigenvalue weighted by Gasteiger charge is -2.26. The first-order chi connectivity index (χ1) is 9.92. The Balaban J connectivity index is 2.18. The van der Waals surface area contributed by atoms with Crippen LogP contribution in [0.4, 0.5) is 4.39 Å². The van der Waals surface area contributed by atoms with Gasteiger partial charge in [-0.25, -0.2) is 17.5 Å².